The highest BCUT2D eigenvalue weighted by molar-refractivity contribution is 7.40. The Bertz CT molecular complexity index is 378. The first-order valence-electron chi connectivity index (χ1n) is 10.6. The van der Waals surface area contributed by atoms with Gasteiger partial charge in [0.25, 0.3) is 0 Å². The molecule has 0 amide bonds. The first kappa shape index (κ1) is 27.7. The van der Waals surface area contributed by atoms with Gasteiger partial charge in [-0.1, -0.05) is 45.4 Å². The molecule has 0 bridgehead atoms. The molecule has 2 N–H and O–H groups in total. The molecule has 2 atom stereocenters. The van der Waals surface area contributed by atoms with Gasteiger partial charge < -0.3 is 28.3 Å². The number of carbonyl (C=O) groups is 1. The van der Waals surface area contributed by atoms with Crippen LogP contribution in [0.3, 0.4) is 0 Å². The highest BCUT2D eigenvalue weighted by Gasteiger charge is 2.25. The summed E-state index contributed by atoms with van der Waals surface area (Å²) in [5, 5.41) is 8.98. The molecule has 0 aromatic rings. The smallest absolute Gasteiger partial charge is 0.330 e. The molecule has 0 rings (SSSR count). The molecule has 0 saturated carbocycles. The van der Waals surface area contributed by atoms with E-state index in [1.54, 1.807) is 0 Å². The molecule has 0 aliphatic heterocycles. The number of hydrogen-bond donors (Lipinski definition) is 2. The van der Waals surface area contributed by atoms with E-state index < -0.39 is 20.7 Å². The van der Waals surface area contributed by atoms with Gasteiger partial charge in [-0.25, -0.2) is 0 Å². The fourth-order valence-corrected chi connectivity index (χ4v) is 3.55. The van der Waals surface area contributed by atoms with Crippen LogP contribution >= 0.6 is 8.60 Å². The highest BCUT2D eigenvalue weighted by atomic mass is 31.2. The minimum absolute atomic E-state index is 0.142. The van der Waals surface area contributed by atoms with E-state index >= 15 is 0 Å². The van der Waals surface area contributed by atoms with E-state index in [4.69, 9.17) is 18.9 Å². The highest BCUT2D eigenvalue weighted by Crippen LogP contribution is 2.36. The van der Waals surface area contributed by atoms with Crippen LogP contribution in [0.25, 0.3) is 0 Å². The summed E-state index contributed by atoms with van der Waals surface area (Å²) in [6, 6.07) is 0. The van der Waals surface area contributed by atoms with Gasteiger partial charge in [0.15, 0.2) is 0 Å². The van der Waals surface area contributed by atoms with Crippen molar-refractivity contribution in [3.63, 3.8) is 0 Å². The van der Waals surface area contributed by atoms with Crippen molar-refractivity contribution in [3.05, 3.63) is 0 Å². The van der Waals surface area contributed by atoms with Gasteiger partial charge >= 0.3 is 14.6 Å². The van der Waals surface area contributed by atoms with Crippen molar-refractivity contribution in [3.8, 4) is 0 Å². The van der Waals surface area contributed by atoms with Crippen molar-refractivity contribution in [2.75, 3.05) is 47.5 Å². The minimum Gasteiger partial charge on any atom is -0.481 e. The first-order chi connectivity index (χ1) is 13.2. The average Bonchev–Trinajstić information content (AvgIpc) is 2.56. The molecule has 0 saturated heterocycles. The van der Waals surface area contributed by atoms with E-state index in [9.17, 15) is 9.69 Å². The molecule has 1 unspecified atom stereocenters. The summed E-state index contributed by atoms with van der Waals surface area (Å²) < 4.78 is 16.9. The van der Waals surface area contributed by atoms with Crippen molar-refractivity contribution in [1.82, 2.24) is 0 Å². The number of carboxylic acid groups (broad SMARTS) is 1. The average molecular weight is 425 g/mol. The maximum Gasteiger partial charge on any atom is 0.330 e. The van der Waals surface area contributed by atoms with Crippen LogP contribution in [-0.2, 0) is 18.6 Å². The molecule has 0 aromatic carbocycles. The van der Waals surface area contributed by atoms with Gasteiger partial charge in [0.2, 0.25) is 0 Å². The molecular weight excluding hydrogens is 381 g/mol. The van der Waals surface area contributed by atoms with E-state index in [1.165, 1.54) is 25.7 Å². The monoisotopic (exact) mass is 424 g/mol. The SMILES string of the molecule is CCCCCCCOCCCCCCO[P@](O)OC(CC(=O)O)C[N+](C)(C)C. The maximum atomic E-state index is 11.0. The minimum atomic E-state index is -2.04. The lowest BCUT2D eigenvalue weighted by Gasteiger charge is -2.29. The Labute approximate surface area is 172 Å². The Balaban J connectivity index is 3.61. The van der Waals surface area contributed by atoms with Gasteiger partial charge in [-0.15, -0.1) is 0 Å². The lowest BCUT2D eigenvalue weighted by Crippen LogP contribution is -2.42. The predicted octanol–water partition coefficient (Wildman–Crippen LogP) is 4.34. The van der Waals surface area contributed by atoms with Gasteiger partial charge in [-0.3, -0.25) is 4.79 Å². The standard InChI is InChI=1S/C20H42NO6P/c1-5-6-7-8-11-14-25-15-12-9-10-13-16-26-28(24)27-19(17-20(22)23)18-21(2,3)4/h19,24H,5-18H2,1-4H3/p+1/t19?,28-/m0/s1. The van der Waals surface area contributed by atoms with Crippen molar-refractivity contribution in [2.24, 2.45) is 0 Å². The molecule has 0 aromatic heterocycles. The Kier molecular flexibility index (Phi) is 17.4. The molecule has 0 heterocycles. The lowest BCUT2D eigenvalue weighted by molar-refractivity contribution is -0.873. The quantitative estimate of drug-likeness (QED) is 0.172. The normalized spacial score (nSPS) is 14.2. The summed E-state index contributed by atoms with van der Waals surface area (Å²) in [5.74, 6) is -0.940. The molecule has 0 aliphatic rings. The lowest BCUT2D eigenvalue weighted by atomic mass is 10.2. The topological polar surface area (TPSA) is 85.2 Å². The third-order valence-corrected chi connectivity index (χ3v) is 5.05. The van der Waals surface area contributed by atoms with Crippen LogP contribution in [0.4, 0.5) is 0 Å². The van der Waals surface area contributed by atoms with E-state index in [1.807, 2.05) is 21.1 Å². The summed E-state index contributed by atoms with van der Waals surface area (Å²) in [5.41, 5.74) is 0. The number of rotatable bonds is 20. The summed E-state index contributed by atoms with van der Waals surface area (Å²) in [6.07, 6.45) is 9.60. The number of likely N-dealkylation sites (N-methyl/N-ethyl adjacent to an activating group) is 1. The molecule has 0 aliphatic carbocycles. The van der Waals surface area contributed by atoms with Gasteiger partial charge in [-0.05, 0) is 19.3 Å². The molecule has 0 spiro atoms. The summed E-state index contributed by atoms with van der Waals surface area (Å²) in [4.78, 5) is 20.9. The van der Waals surface area contributed by atoms with Crippen molar-refractivity contribution >= 4 is 14.6 Å². The zero-order valence-corrected chi connectivity index (χ0v) is 19.3. The van der Waals surface area contributed by atoms with E-state index in [-0.39, 0.29) is 6.42 Å². The van der Waals surface area contributed by atoms with Crippen molar-refractivity contribution in [2.45, 2.75) is 77.2 Å². The number of aliphatic carboxylic acids is 1. The predicted molar refractivity (Wildman–Crippen MR) is 113 cm³/mol. The summed E-state index contributed by atoms with van der Waals surface area (Å²) in [6.45, 7) is 4.81. The van der Waals surface area contributed by atoms with Crippen LogP contribution in [0, 0.1) is 0 Å². The van der Waals surface area contributed by atoms with Gasteiger partial charge in [0.05, 0.1) is 34.2 Å². The number of unbranched alkanes of at least 4 members (excludes halogenated alkanes) is 7. The summed E-state index contributed by atoms with van der Waals surface area (Å²) >= 11 is 0. The Morgan fingerprint density at radius 1 is 0.929 bits per heavy atom. The van der Waals surface area contributed by atoms with Crippen molar-refractivity contribution < 1.29 is 33.1 Å². The van der Waals surface area contributed by atoms with Crippen LogP contribution in [0.2, 0.25) is 0 Å². The molecule has 8 heteroatoms. The second-order valence-electron chi connectivity index (χ2n) is 8.31. The number of hydrogen-bond acceptors (Lipinski definition) is 5. The fourth-order valence-electron chi connectivity index (χ4n) is 2.81. The third kappa shape index (κ3) is 20.4. The van der Waals surface area contributed by atoms with Crippen LogP contribution in [0.1, 0.15) is 71.1 Å². The maximum absolute atomic E-state index is 11.0. The molecule has 28 heavy (non-hydrogen) atoms. The molecule has 0 fully saturated rings. The van der Waals surface area contributed by atoms with Gasteiger partial charge in [0, 0.05) is 13.2 Å². The Morgan fingerprint density at radius 2 is 1.46 bits per heavy atom. The van der Waals surface area contributed by atoms with Crippen LogP contribution in [-0.4, -0.2) is 74.1 Å². The Morgan fingerprint density at radius 3 is 1.96 bits per heavy atom. The zero-order valence-electron chi connectivity index (χ0n) is 18.4. The van der Waals surface area contributed by atoms with Crippen LogP contribution < -0.4 is 0 Å². The molecule has 7 nitrogen and oxygen atoms in total. The third-order valence-electron chi connectivity index (χ3n) is 4.17. The van der Waals surface area contributed by atoms with E-state index in [0.29, 0.717) is 17.6 Å². The fraction of sp³-hybridized carbons (Fsp3) is 0.950. The number of nitrogens with zero attached hydrogens (tertiary/aromatic N) is 1. The van der Waals surface area contributed by atoms with Gasteiger partial charge in [0.1, 0.15) is 12.6 Å². The molecular formula is C20H43NO6P+. The molecule has 168 valence electrons. The van der Waals surface area contributed by atoms with E-state index in [0.717, 1.165) is 45.3 Å². The van der Waals surface area contributed by atoms with Crippen LogP contribution in [0.15, 0.2) is 0 Å². The molecule has 0 radical (unpaired) electrons. The van der Waals surface area contributed by atoms with Gasteiger partial charge in [-0.2, -0.15) is 0 Å². The van der Waals surface area contributed by atoms with E-state index in [2.05, 4.69) is 6.92 Å². The summed E-state index contributed by atoms with van der Waals surface area (Å²) in [7, 11) is 3.82. The number of carboxylic acids is 1. The first-order valence-corrected chi connectivity index (χ1v) is 11.8. The number of ether oxygens (including phenoxy) is 1. The largest absolute Gasteiger partial charge is 0.481 e. The number of quaternary nitrogens is 1. The van der Waals surface area contributed by atoms with Crippen LogP contribution in [0.5, 0.6) is 0 Å². The second-order valence-corrected chi connectivity index (χ2v) is 9.25. The second kappa shape index (κ2) is 17.5. The zero-order chi connectivity index (χ0) is 21.3. The Hall–Kier alpha value is -0.300. The van der Waals surface area contributed by atoms with Crippen molar-refractivity contribution in [1.29, 1.82) is 0 Å².